The van der Waals surface area contributed by atoms with Gasteiger partial charge in [0.2, 0.25) is 0 Å². The van der Waals surface area contributed by atoms with E-state index in [1.165, 1.54) is 22.3 Å². The second-order valence-corrected chi connectivity index (χ2v) is 12.6. The summed E-state index contributed by atoms with van der Waals surface area (Å²) in [6.07, 6.45) is 3.65. The maximum atomic E-state index is 7.24. The van der Waals surface area contributed by atoms with Gasteiger partial charge < -0.3 is 4.74 Å². The molecule has 8 aromatic rings. The van der Waals surface area contributed by atoms with E-state index in [0.717, 1.165) is 50.4 Å². The van der Waals surface area contributed by atoms with Gasteiger partial charge in [-0.3, -0.25) is 4.98 Å². The number of para-hydroxylation sites is 2. The Bertz CT molecular complexity index is 2470. The molecule has 6 aromatic carbocycles. The first-order valence-corrected chi connectivity index (χ1v) is 16.7. The highest BCUT2D eigenvalue weighted by atomic mass is 16.5. The minimum absolute atomic E-state index is 0.550. The van der Waals surface area contributed by atoms with Crippen LogP contribution in [0, 0.1) is 0 Å². The fraction of sp³-hybridized carbons (Fsp3) is 0.0222. The van der Waals surface area contributed by atoms with Gasteiger partial charge in [0, 0.05) is 40.2 Å². The first-order valence-electron chi connectivity index (χ1n) is 16.7. The van der Waals surface area contributed by atoms with Gasteiger partial charge in [-0.25, -0.2) is 15.0 Å². The van der Waals surface area contributed by atoms with E-state index in [9.17, 15) is 0 Å². The van der Waals surface area contributed by atoms with Crippen molar-refractivity contribution in [2.45, 2.75) is 5.41 Å². The molecule has 50 heavy (non-hydrogen) atoms. The highest BCUT2D eigenvalue weighted by Gasteiger charge is 2.52. The van der Waals surface area contributed by atoms with Gasteiger partial charge in [0.25, 0.3) is 0 Å². The van der Waals surface area contributed by atoms with Crippen molar-refractivity contribution in [3.8, 4) is 67.9 Å². The van der Waals surface area contributed by atoms with Crippen LogP contribution in [0.15, 0.2) is 170 Å². The van der Waals surface area contributed by atoms with Gasteiger partial charge in [-0.15, -0.1) is 0 Å². The van der Waals surface area contributed by atoms with Crippen molar-refractivity contribution in [3.63, 3.8) is 0 Å². The van der Waals surface area contributed by atoms with Crippen LogP contribution in [0.1, 0.15) is 22.3 Å². The topological polar surface area (TPSA) is 60.8 Å². The van der Waals surface area contributed by atoms with E-state index in [2.05, 4.69) is 89.9 Å². The standard InChI is InChI=1S/C45H28N4O/c1-3-13-30(14-4-1)42-47-43(31-15-5-2-6-16-31)49-44(48-42)35-20-12-24-39-41(35)50-40-32(29-25-27-46-28-26-29)19-11-23-38(40)45(39)36-21-9-7-17-33(36)34-18-8-10-22-37(34)45/h1-28H. The number of hydrogen-bond donors (Lipinski definition) is 0. The number of fused-ring (bicyclic) bond motifs is 9. The molecule has 0 radical (unpaired) electrons. The Balaban J connectivity index is 1.30. The van der Waals surface area contributed by atoms with Crippen molar-refractivity contribution in [1.82, 2.24) is 19.9 Å². The van der Waals surface area contributed by atoms with Gasteiger partial charge in [0.1, 0.15) is 11.5 Å². The molecule has 0 bridgehead atoms. The van der Waals surface area contributed by atoms with Crippen LogP contribution in [0.3, 0.4) is 0 Å². The predicted molar refractivity (Wildman–Crippen MR) is 197 cm³/mol. The third-order valence-corrected chi connectivity index (χ3v) is 9.93. The lowest BCUT2D eigenvalue weighted by atomic mass is 9.65. The molecule has 10 rings (SSSR count). The Morgan fingerprint density at radius 1 is 0.340 bits per heavy atom. The highest BCUT2D eigenvalue weighted by molar-refractivity contribution is 5.91. The van der Waals surface area contributed by atoms with Crippen molar-refractivity contribution >= 4 is 0 Å². The van der Waals surface area contributed by atoms with Crippen LogP contribution in [-0.2, 0) is 5.41 Å². The molecule has 0 saturated heterocycles. The minimum Gasteiger partial charge on any atom is -0.455 e. The second kappa shape index (κ2) is 11.2. The fourth-order valence-electron chi connectivity index (χ4n) is 7.81. The summed E-state index contributed by atoms with van der Waals surface area (Å²) >= 11 is 0. The summed E-state index contributed by atoms with van der Waals surface area (Å²) in [6, 6.07) is 54.6. The van der Waals surface area contributed by atoms with Crippen LogP contribution in [0.25, 0.3) is 56.4 Å². The summed E-state index contributed by atoms with van der Waals surface area (Å²) in [5.41, 5.74) is 11.1. The van der Waals surface area contributed by atoms with Crippen molar-refractivity contribution in [3.05, 3.63) is 192 Å². The number of aromatic nitrogens is 4. The molecule has 0 atom stereocenters. The predicted octanol–water partition coefficient (Wildman–Crippen LogP) is 10.4. The van der Waals surface area contributed by atoms with Gasteiger partial charge in [0.05, 0.1) is 11.0 Å². The summed E-state index contributed by atoms with van der Waals surface area (Å²) in [5, 5.41) is 0. The smallest absolute Gasteiger partial charge is 0.167 e. The molecule has 1 aliphatic heterocycles. The molecule has 0 unspecified atom stereocenters. The van der Waals surface area contributed by atoms with Crippen LogP contribution in [0.4, 0.5) is 0 Å². The summed E-state index contributed by atoms with van der Waals surface area (Å²) in [6.45, 7) is 0. The Hall–Kier alpha value is -6.72. The fourth-order valence-corrected chi connectivity index (χ4v) is 7.81. The molecule has 234 valence electrons. The molecule has 0 amide bonds. The summed E-state index contributed by atoms with van der Waals surface area (Å²) in [7, 11) is 0. The maximum absolute atomic E-state index is 7.24. The van der Waals surface area contributed by atoms with Crippen LogP contribution in [0.2, 0.25) is 0 Å². The lowest BCUT2D eigenvalue weighted by Gasteiger charge is -2.40. The second-order valence-electron chi connectivity index (χ2n) is 12.6. The summed E-state index contributed by atoms with van der Waals surface area (Å²) in [5.74, 6) is 3.30. The molecule has 2 aliphatic rings. The Morgan fingerprint density at radius 2 is 0.780 bits per heavy atom. The van der Waals surface area contributed by atoms with Gasteiger partial charge >= 0.3 is 0 Å². The SMILES string of the molecule is c1ccc(-c2nc(-c3ccccc3)nc(-c3cccc4c3Oc3c(-c5ccncc5)cccc3C43c4ccccc4-c4ccccc43)n2)cc1. The van der Waals surface area contributed by atoms with Crippen LogP contribution in [0.5, 0.6) is 11.5 Å². The molecular formula is C45H28N4O. The number of rotatable bonds is 4. The van der Waals surface area contributed by atoms with Gasteiger partial charge in [-0.05, 0) is 46.0 Å². The van der Waals surface area contributed by atoms with E-state index in [1.54, 1.807) is 0 Å². The van der Waals surface area contributed by atoms with Crippen molar-refractivity contribution in [1.29, 1.82) is 0 Å². The number of pyridine rings is 1. The molecule has 3 heterocycles. The molecule has 1 spiro atoms. The normalized spacial score (nSPS) is 13.1. The maximum Gasteiger partial charge on any atom is 0.167 e. The Labute approximate surface area is 289 Å². The molecule has 1 aliphatic carbocycles. The average molecular weight is 641 g/mol. The zero-order valence-electron chi connectivity index (χ0n) is 26.9. The zero-order chi connectivity index (χ0) is 33.1. The number of benzene rings is 6. The summed E-state index contributed by atoms with van der Waals surface area (Å²) < 4.78 is 7.24. The average Bonchev–Trinajstić information content (AvgIpc) is 3.49. The number of ether oxygens (including phenoxy) is 1. The molecule has 5 nitrogen and oxygen atoms in total. The largest absolute Gasteiger partial charge is 0.455 e. The Morgan fingerprint density at radius 3 is 1.36 bits per heavy atom. The Kier molecular flexibility index (Phi) is 6.33. The lowest BCUT2D eigenvalue weighted by Crippen LogP contribution is -2.32. The molecule has 0 N–H and O–H groups in total. The van der Waals surface area contributed by atoms with Crippen LogP contribution < -0.4 is 4.74 Å². The third kappa shape index (κ3) is 4.13. The monoisotopic (exact) mass is 640 g/mol. The lowest BCUT2D eigenvalue weighted by molar-refractivity contribution is 0.439. The molecular weight excluding hydrogens is 613 g/mol. The van der Waals surface area contributed by atoms with Crippen molar-refractivity contribution in [2.75, 3.05) is 0 Å². The first-order chi connectivity index (χ1) is 24.8. The minimum atomic E-state index is -0.646. The molecule has 5 heteroatoms. The van der Waals surface area contributed by atoms with E-state index in [-0.39, 0.29) is 0 Å². The van der Waals surface area contributed by atoms with Crippen LogP contribution >= 0.6 is 0 Å². The van der Waals surface area contributed by atoms with E-state index in [1.807, 2.05) is 85.2 Å². The van der Waals surface area contributed by atoms with E-state index < -0.39 is 5.41 Å². The molecule has 2 aromatic heterocycles. The van der Waals surface area contributed by atoms with E-state index in [0.29, 0.717) is 17.5 Å². The molecule has 0 saturated carbocycles. The number of nitrogens with zero attached hydrogens (tertiary/aromatic N) is 4. The summed E-state index contributed by atoms with van der Waals surface area (Å²) in [4.78, 5) is 19.5. The quantitative estimate of drug-likeness (QED) is 0.192. The van der Waals surface area contributed by atoms with Crippen molar-refractivity contribution < 1.29 is 4.74 Å². The van der Waals surface area contributed by atoms with Gasteiger partial charge in [-0.1, -0.05) is 140 Å². The molecule has 0 fully saturated rings. The van der Waals surface area contributed by atoms with Gasteiger partial charge in [-0.2, -0.15) is 0 Å². The third-order valence-electron chi connectivity index (χ3n) is 9.93. The van der Waals surface area contributed by atoms with E-state index >= 15 is 0 Å². The van der Waals surface area contributed by atoms with Crippen LogP contribution in [-0.4, -0.2) is 19.9 Å². The van der Waals surface area contributed by atoms with E-state index in [4.69, 9.17) is 19.7 Å². The zero-order valence-corrected chi connectivity index (χ0v) is 26.9. The first kappa shape index (κ1) is 28.3. The van der Waals surface area contributed by atoms with Crippen molar-refractivity contribution in [2.24, 2.45) is 0 Å². The van der Waals surface area contributed by atoms with Gasteiger partial charge in [0.15, 0.2) is 17.5 Å². The number of hydrogen-bond acceptors (Lipinski definition) is 5. The highest BCUT2D eigenvalue weighted by Crippen LogP contribution is 2.64.